The summed E-state index contributed by atoms with van der Waals surface area (Å²) < 4.78 is 53.1. The van der Waals surface area contributed by atoms with E-state index < -0.39 is 49.8 Å². The second-order valence-corrected chi connectivity index (χ2v) is 5.78. The minimum Gasteiger partial charge on any atom is -0.461 e. The van der Waals surface area contributed by atoms with Gasteiger partial charge in [0.2, 0.25) is 11.7 Å². The first-order chi connectivity index (χ1) is 13.7. The van der Waals surface area contributed by atoms with Gasteiger partial charge in [-0.05, 0) is 38.6 Å². The fourth-order valence-corrected chi connectivity index (χ4v) is 2.11. The first kappa shape index (κ1) is 13.6. The Morgan fingerprint density at radius 1 is 1.42 bits per heavy atom. The summed E-state index contributed by atoms with van der Waals surface area (Å²) in [5, 5.41) is 2.28. The van der Waals surface area contributed by atoms with Gasteiger partial charge in [0.1, 0.15) is 12.1 Å². The Morgan fingerprint density at radius 2 is 2.17 bits per heavy atom. The first-order valence-corrected chi connectivity index (χ1v) is 8.51. The summed E-state index contributed by atoms with van der Waals surface area (Å²) in [4.78, 5) is 39.3. The number of carbonyl (C=O) groups excluding carboxylic acids is 3. The lowest BCUT2D eigenvalue weighted by molar-refractivity contribution is -0.152. The highest BCUT2D eigenvalue weighted by atomic mass is 32.2. The Kier molecular flexibility index (Phi) is 7.18. The quantitative estimate of drug-likeness (QED) is 0.229. The highest BCUT2D eigenvalue weighted by molar-refractivity contribution is 7.98. The van der Waals surface area contributed by atoms with Gasteiger partial charge >= 0.3 is 12.2 Å². The van der Waals surface area contributed by atoms with E-state index in [1.54, 1.807) is 6.26 Å². The number of ketones is 1. The zero-order chi connectivity index (χ0) is 23.5. The highest BCUT2D eigenvalue weighted by Crippen LogP contribution is 2.07. The van der Waals surface area contributed by atoms with Crippen molar-refractivity contribution in [1.29, 1.82) is 5.53 Å². The van der Waals surface area contributed by atoms with Gasteiger partial charge in [-0.3, -0.25) is 9.59 Å². The molecule has 0 saturated heterocycles. The molecule has 0 aliphatic rings. The van der Waals surface area contributed by atoms with Crippen molar-refractivity contribution in [3.63, 3.8) is 0 Å². The summed E-state index contributed by atoms with van der Waals surface area (Å²) in [5.74, 6) is -2.21. The number of thioether (sulfide) groups is 1. The minimum atomic E-state index is -2.85. The molecule has 3 atom stereocenters. The van der Waals surface area contributed by atoms with Gasteiger partial charge in [-0.15, -0.1) is 0 Å². The molecule has 9 heteroatoms. The number of esters is 1. The van der Waals surface area contributed by atoms with Crippen LogP contribution in [-0.2, 0) is 23.9 Å². The summed E-state index contributed by atoms with van der Waals surface area (Å²) in [6, 6.07) is -1.43. The van der Waals surface area contributed by atoms with Crippen molar-refractivity contribution in [1.82, 2.24) is 5.32 Å². The zero-order valence-corrected chi connectivity index (χ0v) is 14.4. The van der Waals surface area contributed by atoms with Gasteiger partial charge in [0.05, 0.1) is 20.5 Å². The third-order valence-corrected chi connectivity index (χ3v) is 3.44. The monoisotopic (exact) mass is 366 g/mol. The van der Waals surface area contributed by atoms with Crippen LogP contribution in [0, 0.1) is 5.53 Å². The zero-order valence-electron chi connectivity index (χ0n) is 19.5. The molecule has 0 saturated carbocycles. The van der Waals surface area contributed by atoms with Crippen molar-refractivity contribution in [2.75, 3.05) is 19.0 Å². The number of nitrogens with zero attached hydrogens (tertiary/aromatic N) is 1. The van der Waals surface area contributed by atoms with Gasteiger partial charge in [0, 0.05) is 17.6 Å². The number of amides is 1. The van der Waals surface area contributed by atoms with Crippen molar-refractivity contribution in [3.05, 3.63) is 0 Å². The van der Waals surface area contributed by atoms with Crippen LogP contribution in [0.2, 0.25) is 0 Å². The fourth-order valence-electron chi connectivity index (χ4n) is 1.66. The lowest BCUT2D eigenvalue weighted by Crippen LogP contribution is -2.47. The summed E-state index contributed by atoms with van der Waals surface area (Å²) >= 11 is 1.35. The van der Waals surface area contributed by atoms with Gasteiger partial charge in [-0.1, -0.05) is 0 Å². The molecule has 0 fully saturated rings. The molecule has 1 unspecified atom stereocenters. The third kappa shape index (κ3) is 9.44. The van der Waals surface area contributed by atoms with E-state index in [0.29, 0.717) is 12.0 Å². The molecule has 0 radical (unpaired) electrons. The lowest BCUT2D eigenvalue weighted by atomic mass is 10.1. The molecule has 136 valence electrons. The van der Waals surface area contributed by atoms with E-state index in [1.807, 2.05) is 0 Å². The predicted octanol–water partition coefficient (Wildman–Crippen LogP) is 0.850. The van der Waals surface area contributed by atoms with Crippen LogP contribution in [0.5, 0.6) is 0 Å². The van der Waals surface area contributed by atoms with Crippen LogP contribution in [0.25, 0.3) is 0 Å². The standard InChI is InChI=1S/C15H25N3O5S/c1-10(2)23-15(21)12(6-5-11(19)9-17-16)18-14(20)13(22-3)7-8-24-4/h9-10,12-13,16H,5-8H2,1-4H3/p+1/t12-,13-/m0/s1/i1D3,3D3/t10?,12-,13-. The number of hydrogen-bond acceptors (Lipinski definition) is 7. The van der Waals surface area contributed by atoms with Gasteiger partial charge in [0.15, 0.2) is 0 Å². The van der Waals surface area contributed by atoms with Crippen LogP contribution in [-0.4, -0.2) is 66.0 Å². The summed E-state index contributed by atoms with van der Waals surface area (Å²) in [6.45, 7) is -1.44. The molecule has 1 amide bonds. The van der Waals surface area contributed by atoms with E-state index in [-0.39, 0.29) is 19.3 Å². The predicted molar refractivity (Wildman–Crippen MR) is 90.2 cm³/mol. The second kappa shape index (κ2) is 12.7. The fraction of sp³-hybridized carbons (Fsp3) is 0.733. The lowest BCUT2D eigenvalue weighted by Gasteiger charge is -2.21. The topological polar surface area (TPSA) is 120 Å². The van der Waals surface area contributed by atoms with Crippen LogP contribution in [0.15, 0.2) is 0 Å². The molecule has 0 aromatic heterocycles. The average Bonchev–Trinajstić information content (AvgIpc) is 2.60. The SMILES string of the molecule is [2H]C([2H])([2H])O[C@@H](CCSC)C(=O)N[C@@H](CCC(=O)C=[N+]=N)C(=O)OC(C)C([2H])([2H])[2H]. The largest absolute Gasteiger partial charge is 0.461 e. The van der Waals surface area contributed by atoms with Crippen molar-refractivity contribution in [2.45, 2.75) is 51.3 Å². The molecule has 24 heavy (non-hydrogen) atoms. The average molecular weight is 366 g/mol. The van der Waals surface area contributed by atoms with Gasteiger partial charge in [-0.25, -0.2) is 4.79 Å². The minimum absolute atomic E-state index is 0.0449. The molecule has 2 N–H and O–H groups in total. The van der Waals surface area contributed by atoms with Crippen LogP contribution in [0.3, 0.4) is 0 Å². The maximum absolute atomic E-state index is 12.5. The second-order valence-electron chi connectivity index (χ2n) is 4.79. The molecule has 8 nitrogen and oxygen atoms in total. The van der Waals surface area contributed by atoms with Crippen molar-refractivity contribution < 1.29 is 36.9 Å². The maximum Gasteiger partial charge on any atom is 0.372 e. The molecule has 0 rings (SSSR count). The molecule has 0 heterocycles. The number of hydrogen-bond donors (Lipinski definition) is 2. The number of carbonyl (C=O) groups is 3. The number of Topliss-reactive ketones (excluding diaryl/α,β-unsaturated/α-hetero) is 1. The Morgan fingerprint density at radius 3 is 2.75 bits per heavy atom. The molecule has 0 aliphatic heterocycles. The summed E-state index contributed by atoms with van der Waals surface area (Å²) in [6.07, 6.45) is -0.920. The van der Waals surface area contributed by atoms with Crippen molar-refractivity contribution in [3.8, 4) is 0 Å². The van der Waals surface area contributed by atoms with Crippen molar-refractivity contribution >= 4 is 35.6 Å². The number of methoxy groups -OCH3 is 1. The molecule has 0 bridgehead atoms. The van der Waals surface area contributed by atoms with Gasteiger partial charge in [0.25, 0.3) is 0 Å². The van der Waals surface area contributed by atoms with Gasteiger partial charge < -0.3 is 14.8 Å². The van der Waals surface area contributed by atoms with E-state index in [4.69, 9.17) is 23.2 Å². The summed E-state index contributed by atoms with van der Waals surface area (Å²) in [5.41, 5.74) is 6.63. The van der Waals surface area contributed by atoms with Crippen LogP contribution < -0.4 is 5.32 Å². The van der Waals surface area contributed by atoms with Crippen LogP contribution in [0.1, 0.15) is 41.3 Å². The Labute approximate surface area is 154 Å². The Hall–Kier alpha value is -1.70. The van der Waals surface area contributed by atoms with E-state index in [1.165, 1.54) is 11.8 Å². The van der Waals surface area contributed by atoms with Crippen molar-refractivity contribution in [2.24, 2.45) is 0 Å². The summed E-state index contributed by atoms with van der Waals surface area (Å²) in [7, 11) is -2.85. The normalized spacial score (nSPS) is 18.8. The van der Waals surface area contributed by atoms with E-state index in [9.17, 15) is 14.4 Å². The molecule has 0 spiro atoms. The number of nitrogens with one attached hydrogen (secondary N) is 2. The Balaban J connectivity index is 5.43. The maximum atomic E-state index is 12.5. The number of rotatable bonds is 12. The first-order valence-electron chi connectivity index (χ1n) is 10.1. The molecule has 0 aliphatic carbocycles. The van der Waals surface area contributed by atoms with Crippen LogP contribution in [0.4, 0.5) is 0 Å². The van der Waals surface area contributed by atoms with E-state index >= 15 is 0 Å². The van der Waals surface area contributed by atoms with E-state index in [2.05, 4.69) is 10.1 Å². The highest BCUT2D eigenvalue weighted by Gasteiger charge is 2.27. The third-order valence-electron chi connectivity index (χ3n) is 2.80. The number of ether oxygens (including phenoxy) is 2. The molecular formula is C15H26N3O5S+. The Bertz CT molecular complexity index is 652. The molecule has 0 aromatic carbocycles. The molecular weight excluding hydrogens is 334 g/mol. The van der Waals surface area contributed by atoms with Crippen LogP contribution >= 0.6 is 11.8 Å². The van der Waals surface area contributed by atoms with E-state index in [0.717, 1.165) is 6.92 Å². The molecule has 0 aromatic rings. The van der Waals surface area contributed by atoms with Gasteiger partial charge in [-0.2, -0.15) is 11.8 Å². The smallest absolute Gasteiger partial charge is 0.372 e.